The molecule has 1 saturated heterocycles. The van der Waals surface area contributed by atoms with E-state index in [1.807, 2.05) is 0 Å². The van der Waals surface area contributed by atoms with Gasteiger partial charge in [0, 0.05) is 32.1 Å². The topological polar surface area (TPSA) is 54.2 Å². The molecule has 0 atom stereocenters. The lowest BCUT2D eigenvalue weighted by Crippen LogP contribution is -2.42. The highest BCUT2D eigenvalue weighted by Gasteiger charge is 2.25. The summed E-state index contributed by atoms with van der Waals surface area (Å²) in [7, 11) is 0. The van der Waals surface area contributed by atoms with Crippen LogP contribution in [0.4, 0.5) is 0 Å². The number of aromatic nitrogens is 2. The third kappa shape index (κ3) is 2.10. The van der Waals surface area contributed by atoms with E-state index < -0.39 is 0 Å². The monoisotopic (exact) mass is 222 g/mol. The van der Waals surface area contributed by atoms with Crippen LogP contribution in [0.5, 0.6) is 0 Å². The van der Waals surface area contributed by atoms with Gasteiger partial charge in [-0.15, -0.1) is 0 Å². The van der Waals surface area contributed by atoms with Gasteiger partial charge in [-0.05, 0) is 12.8 Å². The van der Waals surface area contributed by atoms with Gasteiger partial charge in [-0.3, -0.25) is 4.90 Å². The molecule has 2 aliphatic rings. The van der Waals surface area contributed by atoms with Crippen molar-refractivity contribution >= 4 is 0 Å². The van der Waals surface area contributed by atoms with Crippen molar-refractivity contribution in [2.45, 2.75) is 31.7 Å². The fourth-order valence-electron chi connectivity index (χ4n) is 2.23. The summed E-state index contributed by atoms with van der Waals surface area (Å²) in [6.45, 7) is 5.07. The van der Waals surface area contributed by atoms with Crippen LogP contribution in [-0.4, -0.2) is 41.2 Å². The highest BCUT2D eigenvalue weighted by Crippen LogP contribution is 2.34. The quantitative estimate of drug-likeness (QED) is 0.817. The van der Waals surface area contributed by atoms with Crippen LogP contribution in [0.25, 0.3) is 0 Å². The zero-order valence-corrected chi connectivity index (χ0v) is 9.48. The van der Waals surface area contributed by atoms with E-state index >= 15 is 0 Å². The molecule has 1 N–H and O–H groups in total. The second-order valence-electron chi connectivity index (χ2n) is 4.70. The molecule has 0 unspecified atom stereocenters. The Morgan fingerprint density at radius 2 is 2.12 bits per heavy atom. The van der Waals surface area contributed by atoms with Crippen LogP contribution in [0.3, 0.4) is 0 Å². The number of nitrogens with one attached hydrogen (secondary N) is 1. The molecule has 2 fully saturated rings. The van der Waals surface area contributed by atoms with Crippen LogP contribution < -0.4 is 5.32 Å². The van der Waals surface area contributed by atoms with Crippen molar-refractivity contribution in [2.24, 2.45) is 0 Å². The third-order valence-corrected chi connectivity index (χ3v) is 3.52. The maximum Gasteiger partial charge on any atom is 0.240 e. The van der Waals surface area contributed by atoms with Crippen molar-refractivity contribution in [3.05, 3.63) is 11.7 Å². The molecule has 1 aliphatic heterocycles. The van der Waals surface area contributed by atoms with Crippen LogP contribution in [-0.2, 0) is 6.54 Å². The first-order chi connectivity index (χ1) is 7.92. The molecule has 16 heavy (non-hydrogen) atoms. The Hall–Kier alpha value is -0.940. The highest BCUT2D eigenvalue weighted by atomic mass is 16.5. The summed E-state index contributed by atoms with van der Waals surface area (Å²) in [5.74, 6) is 2.28. The first-order valence-electron chi connectivity index (χ1n) is 6.17. The van der Waals surface area contributed by atoms with Gasteiger partial charge in [-0.2, -0.15) is 4.98 Å². The number of hydrogen-bond acceptors (Lipinski definition) is 5. The second kappa shape index (κ2) is 4.51. The lowest BCUT2D eigenvalue weighted by Gasteiger charge is -2.25. The Labute approximate surface area is 95.2 Å². The van der Waals surface area contributed by atoms with E-state index in [1.54, 1.807) is 0 Å². The minimum atomic E-state index is 0.570. The lowest BCUT2D eigenvalue weighted by atomic mass is 9.85. The zero-order valence-electron chi connectivity index (χ0n) is 9.48. The number of nitrogens with zero attached hydrogens (tertiary/aromatic N) is 3. The molecule has 1 saturated carbocycles. The van der Waals surface area contributed by atoms with Crippen molar-refractivity contribution in [1.29, 1.82) is 0 Å². The smallest absolute Gasteiger partial charge is 0.240 e. The summed E-state index contributed by atoms with van der Waals surface area (Å²) in [4.78, 5) is 6.84. The highest BCUT2D eigenvalue weighted by molar-refractivity contribution is 4.99. The largest absolute Gasteiger partial charge is 0.338 e. The van der Waals surface area contributed by atoms with Gasteiger partial charge in [-0.25, -0.2) is 0 Å². The van der Waals surface area contributed by atoms with E-state index in [1.165, 1.54) is 19.3 Å². The summed E-state index contributed by atoms with van der Waals surface area (Å²) < 4.78 is 5.30. The molecule has 88 valence electrons. The van der Waals surface area contributed by atoms with Crippen molar-refractivity contribution < 1.29 is 4.52 Å². The molecule has 1 aromatic rings. The Kier molecular flexibility index (Phi) is 2.88. The third-order valence-electron chi connectivity index (χ3n) is 3.52. The standard InChI is InChI=1S/C11H18N4O/c1-2-9(3-1)11-13-10(16-14-11)8-15-6-4-12-5-7-15/h9,12H,1-8H2. The SMILES string of the molecule is C1CC(c2noc(CN3CCNCC3)n2)C1. The van der Waals surface area contributed by atoms with Gasteiger partial charge in [0.25, 0.3) is 0 Å². The predicted molar refractivity (Wildman–Crippen MR) is 59.0 cm³/mol. The Morgan fingerprint density at radius 1 is 1.31 bits per heavy atom. The molecular formula is C11H18N4O. The number of rotatable bonds is 3. The molecule has 1 aliphatic carbocycles. The van der Waals surface area contributed by atoms with E-state index in [9.17, 15) is 0 Å². The normalized spacial score (nSPS) is 23.2. The lowest BCUT2D eigenvalue weighted by molar-refractivity contribution is 0.203. The van der Waals surface area contributed by atoms with Gasteiger partial charge >= 0.3 is 0 Å². The molecule has 0 bridgehead atoms. The number of piperazine rings is 1. The Morgan fingerprint density at radius 3 is 2.81 bits per heavy atom. The average Bonchev–Trinajstić information content (AvgIpc) is 2.65. The van der Waals surface area contributed by atoms with Gasteiger partial charge in [0.1, 0.15) is 0 Å². The van der Waals surface area contributed by atoms with Gasteiger partial charge in [0.15, 0.2) is 5.82 Å². The van der Waals surface area contributed by atoms with E-state index in [0.717, 1.165) is 44.4 Å². The van der Waals surface area contributed by atoms with Crippen molar-refractivity contribution in [1.82, 2.24) is 20.4 Å². The molecule has 0 aromatic carbocycles. The van der Waals surface area contributed by atoms with E-state index in [0.29, 0.717) is 5.92 Å². The van der Waals surface area contributed by atoms with Gasteiger partial charge in [0.2, 0.25) is 5.89 Å². The average molecular weight is 222 g/mol. The predicted octanol–water partition coefficient (Wildman–Crippen LogP) is 0.742. The van der Waals surface area contributed by atoms with Gasteiger partial charge < -0.3 is 9.84 Å². The summed E-state index contributed by atoms with van der Waals surface area (Å²) in [5, 5.41) is 7.41. The van der Waals surface area contributed by atoms with E-state index in [-0.39, 0.29) is 0 Å². The maximum absolute atomic E-state index is 5.30. The molecule has 0 amide bonds. The minimum absolute atomic E-state index is 0.570. The maximum atomic E-state index is 5.30. The van der Waals surface area contributed by atoms with Crippen molar-refractivity contribution in [3.63, 3.8) is 0 Å². The summed E-state index contributed by atoms with van der Waals surface area (Å²) in [6.07, 6.45) is 3.77. The molecule has 2 heterocycles. The zero-order chi connectivity index (χ0) is 10.8. The molecule has 0 spiro atoms. The fourth-order valence-corrected chi connectivity index (χ4v) is 2.23. The van der Waals surface area contributed by atoms with Crippen LogP contribution >= 0.6 is 0 Å². The second-order valence-corrected chi connectivity index (χ2v) is 4.70. The van der Waals surface area contributed by atoms with Gasteiger partial charge in [-0.1, -0.05) is 11.6 Å². The Bertz CT molecular complexity index is 342. The summed E-state index contributed by atoms with van der Waals surface area (Å²) in [6, 6.07) is 0. The molecule has 5 heteroatoms. The van der Waals surface area contributed by atoms with Crippen LogP contribution in [0, 0.1) is 0 Å². The minimum Gasteiger partial charge on any atom is -0.338 e. The van der Waals surface area contributed by atoms with Crippen LogP contribution in [0.2, 0.25) is 0 Å². The van der Waals surface area contributed by atoms with Crippen molar-refractivity contribution in [3.8, 4) is 0 Å². The molecule has 0 radical (unpaired) electrons. The van der Waals surface area contributed by atoms with Gasteiger partial charge in [0.05, 0.1) is 6.54 Å². The Balaban J connectivity index is 1.58. The fraction of sp³-hybridized carbons (Fsp3) is 0.818. The summed E-state index contributed by atoms with van der Waals surface area (Å²) >= 11 is 0. The van der Waals surface area contributed by atoms with E-state index in [4.69, 9.17) is 4.52 Å². The molecule has 5 nitrogen and oxygen atoms in total. The summed E-state index contributed by atoms with van der Waals surface area (Å²) in [5.41, 5.74) is 0. The van der Waals surface area contributed by atoms with Crippen LogP contribution in [0.15, 0.2) is 4.52 Å². The first kappa shape index (κ1) is 10.2. The van der Waals surface area contributed by atoms with Crippen LogP contribution in [0.1, 0.15) is 36.9 Å². The molecular weight excluding hydrogens is 204 g/mol. The van der Waals surface area contributed by atoms with Crippen molar-refractivity contribution in [2.75, 3.05) is 26.2 Å². The molecule has 1 aromatic heterocycles. The van der Waals surface area contributed by atoms with E-state index in [2.05, 4.69) is 20.4 Å². The molecule has 3 rings (SSSR count). The number of hydrogen-bond donors (Lipinski definition) is 1. The first-order valence-corrected chi connectivity index (χ1v) is 6.17.